The molecule has 1 heteroatoms. The molecule has 0 aliphatic carbocycles. The number of aromatic nitrogens is 1. The maximum atomic E-state index is 4.25. The van der Waals surface area contributed by atoms with Crippen LogP contribution in [-0.4, -0.2) is 4.98 Å². The predicted octanol–water partition coefficient (Wildman–Crippen LogP) is 3.38. The molecule has 0 atom stereocenters. The van der Waals surface area contributed by atoms with Gasteiger partial charge in [-0.15, -0.1) is 0 Å². The summed E-state index contributed by atoms with van der Waals surface area (Å²) in [5.74, 6) is 0. The molecule has 0 N–H and O–H groups in total. The van der Waals surface area contributed by atoms with Crippen LogP contribution in [0, 0.1) is 0 Å². The van der Waals surface area contributed by atoms with E-state index in [9.17, 15) is 0 Å². The summed E-state index contributed by atoms with van der Waals surface area (Å²) in [7, 11) is 0. The molecule has 0 fully saturated rings. The topological polar surface area (TPSA) is 12.9 Å². The first-order valence-electron chi connectivity index (χ1n) is 3.93. The van der Waals surface area contributed by atoms with Gasteiger partial charge in [0.25, 0.3) is 0 Å². The standard InChI is InChI=1S/C11H9N.CH4/c1-2-6-10(7-3-1)11-8-4-5-9-12-11;/h1-9H;1H4. The molecule has 0 saturated heterocycles. The largest absolute Gasteiger partial charge is 0.256 e. The van der Waals surface area contributed by atoms with Crippen LogP contribution in [0.1, 0.15) is 7.43 Å². The van der Waals surface area contributed by atoms with Gasteiger partial charge in [0.1, 0.15) is 0 Å². The first-order valence-corrected chi connectivity index (χ1v) is 3.93. The lowest BCUT2D eigenvalue weighted by atomic mass is 10.1. The summed E-state index contributed by atoms with van der Waals surface area (Å²) < 4.78 is 0. The molecule has 1 aromatic heterocycles. The molecular weight excluding hydrogens is 158 g/mol. The lowest BCUT2D eigenvalue weighted by molar-refractivity contribution is 1.33. The maximum Gasteiger partial charge on any atom is 0.0701 e. The molecule has 0 amide bonds. The van der Waals surface area contributed by atoms with Gasteiger partial charge in [-0.25, -0.2) is 0 Å². The molecule has 0 aliphatic heterocycles. The monoisotopic (exact) mass is 171 g/mol. The van der Waals surface area contributed by atoms with E-state index in [0.717, 1.165) is 11.3 Å². The summed E-state index contributed by atoms with van der Waals surface area (Å²) in [5.41, 5.74) is 2.19. The van der Waals surface area contributed by atoms with Crippen molar-refractivity contribution >= 4 is 0 Å². The summed E-state index contributed by atoms with van der Waals surface area (Å²) in [5, 5.41) is 0. The highest BCUT2D eigenvalue weighted by Gasteiger charge is 1.93. The molecule has 1 nitrogen and oxygen atoms in total. The fourth-order valence-electron chi connectivity index (χ4n) is 1.14. The normalized spacial score (nSPS) is 8.92. The Kier molecular flexibility index (Phi) is 3.21. The van der Waals surface area contributed by atoms with E-state index in [-0.39, 0.29) is 7.43 Å². The Morgan fingerprint density at radius 1 is 0.769 bits per heavy atom. The van der Waals surface area contributed by atoms with E-state index in [1.807, 2.05) is 42.6 Å². The van der Waals surface area contributed by atoms with Crippen molar-refractivity contribution in [2.75, 3.05) is 0 Å². The van der Waals surface area contributed by atoms with Gasteiger partial charge in [0.2, 0.25) is 0 Å². The zero-order chi connectivity index (χ0) is 8.23. The summed E-state index contributed by atoms with van der Waals surface area (Å²) in [6, 6.07) is 16.1. The average Bonchev–Trinajstić information content (AvgIpc) is 2.21. The van der Waals surface area contributed by atoms with Gasteiger partial charge in [-0.2, -0.15) is 0 Å². The smallest absolute Gasteiger partial charge is 0.0701 e. The Hall–Kier alpha value is -1.63. The average molecular weight is 171 g/mol. The second-order valence-electron chi connectivity index (χ2n) is 2.58. The fraction of sp³-hybridized carbons (Fsp3) is 0.0833. The van der Waals surface area contributed by atoms with Gasteiger partial charge in [0.05, 0.1) is 5.69 Å². The van der Waals surface area contributed by atoms with Crippen LogP contribution in [0.2, 0.25) is 0 Å². The van der Waals surface area contributed by atoms with Crippen LogP contribution in [0.25, 0.3) is 11.3 Å². The number of rotatable bonds is 1. The minimum absolute atomic E-state index is 0. The Morgan fingerprint density at radius 3 is 2.08 bits per heavy atom. The van der Waals surface area contributed by atoms with Gasteiger partial charge in [-0.1, -0.05) is 43.8 Å². The van der Waals surface area contributed by atoms with Gasteiger partial charge < -0.3 is 0 Å². The van der Waals surface area contributed by atoms with Gasteiger partial charge >= 0.3 is 0 Å². The maximum absolute atomic E-state index is 4.25. The number of nitrogens with zero attached hydrogens (tertiary/aromatic N) is 1. The zero-order valence-electron chi connectivity index (χ0n) is 6.64. The van der Waals surface area contributed by atoms with Crippen molar-refractivity contribution in [3.05, 3.63) is 54.7 Å². The third kappa shape index (κ3) is 2.15. The van der Waals surface area contributed by atoms with Crippen molar-refractivity contribution in [1.29, 1.82) is 0 Å². The summed E-state index contributed by atoms with van der Waals surface area (Å²) in [6.07, 6.45) is 1.81. The highest BCUT2D eigenvalue weighted by molar-refractivity contribution is 5.58. The summed E-state index contributed by atoms with van der Waals surface area (Å²) in [4.78, 5) is 4.25. The van der Waals surface area contributed by atoms with Crippen LogP contribution < -0.4 is 0 Å². The SMILES string of the molecule is C.c1ccc(-c2ccccn2)cc1. The molecule has 66 valence electrons. The van der Waals surface area contributed by atoms with Crippen molar-refractivity contribution in [3.63, 3.8) is 0 Å². The second-order valence-corrected chi connectivity index (χ2v) is 2.58. The van der Waals surface area contributed by atoms with Crippen molar-refractivity contribution in [1.82, 2.24) is 4.98 Å². The molecule has 0 saturated carbocycles. The zero-order valence-corrected chi connectivity index (χ0v) is 6.64. The summed E-state index contributed by atoms with van der Waals surface area (Å²) in [6.45, 7) is 0. The number of hydrogen-bond acceptors (Lipinski definition) is 1. The van der Waals surface area contributed by atoms with E-state index in [2.05, 4.69) is 17.1 Å². The van der Waals surface area contributed by atoms with Crippen LogP contribution in [0.5, 0.6) is 0 Å². The fourth-order valence-corrected chi connectivity index (χ4v) is 1.14. The third-order valence-electron chi connectivity index (χ3n) is 1.73. The first-order chi connectivity index (χ1) is 5.97. The molecule has 0 bridgehead atoms. The van der Waals surface area contributed by atoms with Crippen LogP contribution in [0.4, 0.5) is 0 Å². The van der Waals surface area contributed by atoms with E-state index < -0.39 is 0 Å². The van der Waals surface area contributed by atoms with E-state index in [1.54, 1.807) is 0 Å². The highest BCUT2D eigenvalue weighted by Crippen LogP contribution is 2.14. The van der Waals surface area contributed by atoms with Crippen LogP contribution in [-0.2, 0) is 0 Å². The van der Waals surface area contributed by atoms with E-state index in [4.69, 9.17) is 0 Å². The highest BCUT2D eigenvalue weighted by atomic mass is 14.7. The molecule has 0 aliphatic rings. The number of pyridine rings is 1. The minimum atomic E-state index is 0. The van der Waals surface area contributed by atoms with Crippen LogP contribution in [0.3, 0.4) is 0 Å². The Labute approximate surface area is 79.1 Å². The second kappa shape index (κ2) is 4.41. The Bertz CT molecular complexity index is 303. The van der Waals surface area contributed by atoms with Crippen LogP contribution >= 0.6 is 0 Å². The molecule has 13 heavy (non-hydrogen) atoms. The van der Waals surface area contributed by atoms with Crippen molar-refractivity contribution in [2.45, 2.75) is 7.43 Å². The number of benzene rings is 1. The Balaban J connectivity index is 0.000000845. The molecule has 1 heterocycles. The van der Waals surface area contributed by atoms with Gasteiger partial charge in [-0.3, -0.25) is 4.98 Å². The molecule has 0 spiro atoms. The lowest BCUT2D eigenvalue weighted by Crippen LogP contribution is -1.79. The van der Waals surface area contributed by atoms with Crippen molar-refractivity contribution in [2.24, 2.45) is 0 Å². The van der Waals surface area contributed by atoms with Crippen molar-refractivity contribution in [3.8, 4) is 11.3 Å². The minimum Gasteiger partial charge on any atom is -0.256 e. The van der Waals surface area contributed by atoms with E-state index >= 15 is 0 Å². The Morgan fingerprint density at radius 2 is 1.46 bits per heavy atom. The molecule has 2 rings (SSSR count). The number of hydrogen-bond donors (Lipinski definition) is 0. The first kappa shape index (κ1) is 9.46. The third-order valence-corrected chi connectivity index (χ3v) is 1.73. The van der Waals surface area contributed by atoms with Gasteiger partial charge in [0, 0.05) is 11.8 Å². The van der Waals surface area contributed by atoms with Crippen molar-refractivity contribution < 1.29 is 0 Å². The lowest BCUT2D eigenvalue weighted by Gasteiger charge is -1.97. The van der Waals surface area contributed by atoms with E-state index in [1.165, 1.54) is 0 Å². The predicted molar refractivity (Wildman–Crippen MR) is 56.4 cm³/mol. The molecular formula is C12H13N. The quantitative estimate of drug-likeness (QED) is 0.641. The molecule has 1 aromatic carbocycles. The molecule has 2 aromatic rings. The van der Waals surface area contributed by atoms with E-state index in [0.29, 0.717) is 0 Å². The molecule has 0 unspecified atom stereocenters. The molecule has 0 radical (unpaired) electrons. The summed E-state index contributed by atoms with van der Waals surface area (Å²) >= 11 is 0. The van der Waals surface area contributed by atoms with Gasteiger partial charge in [0.15, 0.2) is 0 Å². The van der Waals surface area contributed by atoms with Gasteiger partial charge in [-0.05, 0) is 12.1 Å². The van der Waals surface area contributed by atoms with Crippen LogP contribution in [0.15, 0.2) is 54.7 Å².